The van der Waals surface area contributed by atoms with Crippen molar-refractivity contribution in [3.63, 3.8) is 0 Å². The van der Waals surface area contributed by atoms with Crippen LogP contribution in [0, 0.1) is 0 Å². The summed E-state index contributed by atoms with van der Waals surface area (Å²) < 4.78 is 31.0. The predicted octanol–water partition coefficient (Wildman–Crippen LogP) is 1.49. The third-order valence-corrected chi connectivity index (χ3v) is 4.81. The molecule has 5 nitrogen and oxygen atoms in total. The van der Waals surface area contributed by atoms with Gasteiger partial charge in [0.2, 0.25) is 10.0 Å². The van der Waals surface area contributed by atoms with E-state index in [1.54, 1.807) is 12.1 Å². The minimum Gasteiger partial charge on any atom is -0.398 e. The molecule has 0 saturated heterocycles. The van der Waals surface area contributed by atoms with Gasteiger partial charge in [-0.15, -0.1) is 0 Å². The molecule has 0 amide bonds. The van der Waals surface area contributed by atoms with Crippen molar-refractivity contribution in [2.45, 2.75) is 25.2 Å². The fraction of sp³-hybridized carbons (Fsp3) is 0.538. The van der Waals surface area contributed by atoms with Crippen LogP contribution >= 0.6 is 0 Å². The van der Waals surface area contributed by atoms with E-state index < -0.39 is 10.0 Å². The summed E-state index contributed by atoms with van der Waals surface area (Å²) >= 11 is 0. The first-order valence-electron chi connectivity index (χ1n) is 6.36. The van der Waals surface area contributed by atoms with Gasteiger partial charge in [-0.2, -0.15) is 4.31 Å². The summed E-state index contributed by atoms with van der Waals surface area (Å²) in [5, 5.41) is 0. The molecule has 0 bridgehead atoms. The largest absolute Gasteiger partial charge is 0.398 e. The van der Waals surface area contributed by atoms with Crippen LogP contribution in [0.1, 0.15) is 19.4 Å². The van der Waals surface area contributed by atoms with Gasteiger partial charge in [0.05, 0.1) is 11.5 Å². The summed E-state index contributed by atoms with van der Waals surface area (Å²) in [6.45, 7) is 5.14. The average Bonchev–Trinajstić information content (AvgIpc) is 2.38. The van der Waals surface area contributed by atoms with Gasteiger partial charge in [-0.3, -0.25) is 0 Å². The van der Waals surface area contributed by atoms with E-state index in [-0.39, 0.29) is 4.90 Å². The molecule has 0 atom stereocenters. The van der Waals surface area contributed by atoms with Crippen molar-refractivity contribution in [2.75, 3.05) is 32.5 Å². The third kappa shape index (κ3) is 3.92. The Hall–Kier alpha value is -1.11. The molecular weight excluding hydrogens is 264 g/mol. The molecule has 0 radical (unpaired) electrons. The van der Waals surface area contributed by atoms with Gasteiger partial charge in [-0.25, -0.2) is 8.42 Å². The highest BCUT2D eigenvalue weighted by molar-refractivity contribution is 7.89. The van der Waals surface area contributed by atoms with Crippen molar-refractivity contribution in [1.29, 1.82) is 0 Å². The molecule has 1 rings (SSSR count). The van der Waals surface area contributed by atoms with E-state index in [0.29, 0.717) is 25.4 Å². The second-order valence-electron chi connectivity index (χ2n) is 4.24. The number of nitrogens with two attached hydrogens (primary N) is 1. The molecular formula is C13H22N2O3S. The van der Waals surface area contributed by atoms with Crippen LogP contribution in [0.5, 0.6) is 0 Å². The standard InChI is InChI=1S/C13H22N2O3S/c1-4-11-6-7-12(10-13(11)14)19(16,17)15(3)8-9-18-5-2/h6-7,10H,4-5,8-9,14H2,1-3H3. The summed E-state index contributed by atoms with van der Waals surface area (Å²) in [5.41, 5.74) is 7.31. The lowest BCUT2D eigenvalue weighted by Gasteiger charge is -2.17. The summed E-state index contributed by atoms with van der Waals surface area (Å²) in [6.07, 6.45) is 0.784. The maximum atomic E-state index is 12.3. The van der Waals surface area contributed by atoms with E-state index in [4.69, 9.17) is 10.5 Å². The molecule has 19 heavy (non-hydrogen) atoms. The number of sulfonamides is 1. The number of rotatable bonds is 7. The minimum atomic E-state index is -3.49. The fourth-order valence-corrected chi connectivity index (χ4v) is 2.88. The summed E-state index contributed by atoms with van der Waals surface area (Å²) in [4.78, 5) is 0.223. The number of likely N-dealkylation sites (N-methyl/N-ethyl adjacent to an activating group) is 1. The highest BCUT2D eigenvalue weighted by atomic mass is 32.2. The Bertz CT molecular complexity index is 515. The molecule has 0 heterocycles. The minimum absolute atomic E-state index is 0.223. The Balaban J connectivity index is 2.90. The van der Waals surface area contributed by atoms with E-state index in [0.717, 1.165) is 12.0 Å². The summed E-state index contributed by atoms with van der Waals surface area (Å²) in [5.74, 6) is 0. The van der Waals surface area contributed by atoms with Gasteiger partial charge in [-0.1, -0.05) is 13.0 Å². The van der Waals surface area contributed by atoms with Crippen LogP contribution in [0.15, 0.2) is 23.1 Å². The van der Waals surface area contributed by atoms with Gasteiger partial charge >= 0.3 is 0 Å². The molecule has 1 aromatic rings. The Labute approximate surface area is 115 Å². The molecule has 0 aliphatic heterocycles. The number of hydrogen-bond donors (Lipinski definition) is 1. The maximum absolute atomic E-state index is 12.3. The first-order valence-corrected chi connectivity index (χ1v) is 7.80. The smallest absolute Gasteiger partial charge is 0.242 e. The molecule has 0 aromatic heterocycles. The number of benzene rings is 1. The second kappa shape index (κ2) is 6.88. The number of aryl methyl sites for hydroxylation is 1. The lowest BCUT2D eigenvalue weighted by atomic mass is 10.1. The zero-order chi connectivity index (χ0) is 14.5. The number of ether oxygens (including phenoxy) is 1. The van der Waals surface area contributed by atoms with Gasteiger partial charge in [0.15, 0.2) is 0 Å². The average molecular weight is 286 g/mol. The molecule has 0 unspecified atom stereocenters. The van der Waals surface area contributed by atoms with E-state index in [1.165, 1.54) is 17.4 Å². The monoisotopic (exact) mass is 286 g/mol. The highest BCUT2D eigenvalue weighted by Gasteiger charge is 2.21. The van der Waals surface area contributed by atoms with Gasteiger partial charge < -0.3 is 10.5 Å². The zero-order valence-corrected chi connectivity index (χ0v) is 12.5. The Kier molecular flexibility index (Phi) is 5.78. The molecule has 0 aliphatic rings. The molecule has 0 spiro atoms. The van der Waals surface area contributed by atoms with Gasteiger partial charge in [0.25, 0.3) is 0 Å². The molecule has 0 saturated carbocycles. The predicted molar refractivity (Wildman–Crippen MR) is 76.5 cm³/mol. The SMILES string of the molecule is CCOCCN(C)S(=O)(=O)c1ccc(CC)c(N)c1. The topological polar surface area (TPSA) is 72.6 Å². The molecule has 6 heteroatoms. The van der Waals surface area contributed by atoms with Crippen molar-refractivity contribution in [1.82, 2.24) is 4.31 Å². The van der Waals surface area contributed by atoms with Crippen LogP contribution in [-0.4, -0.2) is 39.5 Å². The maximum Gasteiger partial charge on any atom is 0.242 e. The number of nitrogens with zero attached hydrogens (tertiary/aromatic N) is 1. The van der Waals surface area contributed by atoms with Crippen molar-refractivity contribution < 1.29 is 13.2 Å². The van der Waals surface area contributed by atoms with Crippen LogP contribution in [0.2, 0.25) is 0 Å². The molecule has 0 aliphatic carbocycles. The Morgan fingerprint density at radius 1 is 1.32 bits per heavy atom. The van der Waals surface area contributed by atoms with E-state index in [9.17, 15) is 8.42 Å². The van der Waals surface area contributed by atoms with E-state index >= 15 is 0 Å². The molecule has 1 aromatic carbocycles. The first kappa shape index (κ1) is 15.9. The van der Waals surface area contributed by atoms with Gasteiger partial charge in [0.1, 0.15) is 0 Å². The second-order valence-corrected chi connectivity index (χ2v) is 6.28. The number of anilines is 1. The number of nitrogen functional groups attached to an aromatic ring is 1. The van der Waals surface area contributed by atoms with E-state index in [2.05, 4.69) is 0 Å². The van der Waals surface area contributed by atoms with Crippen LogP contribution in [0.4, 0.5) is 5.69 Å². The zero-order valence-electron chi connectivity index (χ0n) is 11.7. The van der Waals surface area contributed by atoms with Gasteiger partial charge in [0, 0.05) is 25.9 Å². The van der Waals surface area contributed by atoms with Crippen molar-refractivity contribution in [2.24, 2.45) is 0 Å². The first-order chi connectivity index (χ1) is 8.93. The molecule has 0 fully saturated rings. The van der Waals surface area contributed by atoms with Crippen LogP contribution in [0.3, 0.4) is 0 Å². The van der Waals surface area contributed by atoms with Gasteiger partial charge in [-0.05, 0) is 31.0 Å². The summed E-state index contributed by atoms with van der Waals surface area (Å²) in [7, 11) is -1.95. The van der Waals surface area contributed by atoms with E-state index in [1.807, 2.05) is 13.8 Å². The summed E-state index contributed by atoms with van der Waals surface area (Å²) in [6, 6.07) is 4.88. The molecule has 2 N–H and O–H groups in total. The van der Waals surface area contributed by atoms with Crippen LogP contribution < -0.4 is 5.73 Å². The Morgan fingerprint density at radius 2 is 2.00 bits per heavy atom. The lowest BCUT2D eigenvalue weighted by molar-refractivity contribution is 0.138. The fourth-order valence-electron chi connectivity index (χ4n) is 1.69. The molecule has 108 valence electrons. The number of hydrogen-bond acceptors (Lipinski definition) is 4. The van der Waals surface area contributed by atoms with Crippen LogP contribution in [0.25, 0.3) is 0 Å². The van der Waals surface area contributed by atoms with Crippen molar-refractivity contribution in [3.8, 4) is 0 Å². The lowest BCUT2D eigenvalue weighted by Crippen LogP contribution is -2.30. The van der Waals surface area contributed by atoms with Crippen molar-refractivity contribution >= 4 is 15.7 Å². The highest BCUT2D eigenvalue weighted by Crippen LogP contribution is 2.20. The van der Waals surface area contributed by atoms with Crippen molar-refractivity contribution in [3.05, 3.63) is 23.8 Å². The van der Waals surface area contributed by atoms with Crippen LogP contribution in [-0.2, 0) is 21.2 Å². The normalized spacial score (nSPS) is 12.0. The quantitative estimate of drug-likeness (QED) is 0.609. The third-order valence-electron chi connectivity index (χ3n) is 2.96. The Morgan fingerprint density at radius 3 is 2.53 bits per heavy atom.